The third-order valence-electron chi connectivity index (χ3n) is 1.97. The summed E-state index contributed by atoms with van der Waals surface area (Å²) in [7, 11) is 0. The SMILES string of the molecule is C=C(CC)C(C)(N)CC. The van der Waals surface area contributed by atoms with Gasteiger partial charge in [-0.25, -0.2) is 0 Å². The van der Waals surface area contributed by atoms with Crippen molar-refractivity contribution in [2.75, 3.05) is 0 Å². The lowest BCUT2D eigenvalue weighted by atomic mass is 9.90. The van der Waals surface area contributed by atoms with Crippen molar-refractivity contribution in [3.05, 3.63) is 12.2 Å². The first-order chi connectivity index (χ1) is 4.04. The average Bonchev–Trinajstić information content (AvgIpc) is 1.86. The second kappa shape index (κ2) is 3.02. The average molecular weight is 127 g/mol. The number of hydrogen-bond acceptors (Lipinski definition) is 1. The summed E-state index contributed by atoms with van der Waals surface area (Å²) in [6, 6.07) is 0. The minimum absolute atomic E-state index is 0.144. The van der Waals surface area contributed by atoms with Crippen LogP contribution in [0.1, 0.15) is 33.6 Å². The fraction of sp³-hybridized carbons (Fsp3) is 0.750. The molecule has 0 bridgehead atoms. The van der Waals surface area contributed by atoms with Crippen molar-refractivity contribution >= 4 is 0 Å². The van der Waals surface area contributed by atoms with Gasteiger partial charge in [0.1, 0.15) is 0 Å². The maximum atomic E-state index is 5.87. The molecule has 0 aliphatic rings. The lowest BCUT2D eigenvalue weighted by Crippen LogP contribution is -2.36. The molecule has 1 heteroatoms. The second-order valence-electron chi connectivity index (χ2n) is 2.73. The van der Waals surface area contributed by atoms with E-state index in [9.17, 15) is 0 Å². The first-order valence-electron chi connectivity index (χ1n) is 3.51. The van der Waals surface area contributed by atoms with Crippen molar-refractivity contribution in [2.45, 2.75) is 39.2 Å². The van der Waals surface area contributed by atoms with Gasteiger partial charge in [0, 0.05) is 5.54 Å². The Bertz CT molecular complexity index is 103. The van der Waals surface area contributed by atoms with Crippen LogP contribution in [0.4, 0.5) is 0 Å². The van der Waals surface area contributed by atoms with Crippen LogP contribution in [0.2, 0.25) is 0 Å². The van der Waals surface area contributed by atoms with Crippen LogP contribution in [0.5, 0.6) is 0 Å². The molecule has 9 heavy (non-hydrogen) atoms. The topological polar surface area (TPSA) is 26.0 Å². The molecule has 1 unspecified atom stereocenters. The van der Waals surface area contributed by atoms with E-state index in [0.717, 1.165) is 18.4 Å². The van der Waals surface area contributed by atoms with Crippen LogP contribution >= 0.6 is 0 Å². The molecule has 1 atom stereocenters. The summed E-state index contributed by atoms with van der Waals surface area (Å²) in [4.78, 5) is 0. The highest BCUT2D eigenvalue weighted by atomic mass is 14.7. The maximum absolute atomic E-state index is 5.87. The molecule has 0 aromatic rings. The Morgan fingerprint density at radius 2 is 2.00 bits per heavy atom. The normalized spacial score (nSPS) is 16.9. The zero-order valence-corrected chi connectivity index (χ0v) is 6.70. The van der Waals surface area contributed by atoms with Gasteiger partial charge in [-0.2, -0.15) is 0 Å². The molecule has 0 saturated carbocycles. The van der Waals surface area contributed by atoms with Crippen LogP contribution in [0, 0.1) is 0 Å². The molecular weight excluding hydrogens is 110 g/mol. The van der Waals surface area contributed by atoms with E-state index in [2.05, 4.69) is 20.4 Å². The van der Waals surface area contributed by atoms with E-state index in [1.165, 1.54) is 0 Å². The molecule has 0 rings (SSSR count). The lowest BCUT2D eigenvalue weighted by molar-refractivity contribution is 0.518. The molecule has 0 spiro atoms. The molecule has 2 N–H and O–H groups in total. The Hall–Kier alpha value is -0.300. The molecule has 0 radical (unpaired) electrons. The highest BCUT2D eigenvalue weighted by molar-refractivity contribution is 5.11. The minimum Gasteiger partial charge on any atom is -0.322 e. The first-order valence-corrected chi connectivity index (χ1v) is 3.51. The van der Waals surface area contributed by atoms with E-state index in [0.29, 0.717) is 0 Å². The van der Waals surface area contributed by atoms with Gasteiger partial charge in [-0.3, -0.25) is 0 Å². The molecule has 1 nitrogen and oxygen atoms in total. The van der Waals surface area contributed by atoms with E-state index < -0.39 is 0 Å². The van der Waals surface area contributed by atoms with Crippen molar-refractivity contribution in [3.8, 4) is 0 Å². The number of rotatable bonds is 3. The van der Waals surface area contributed by atoms with Crippen LogP contribution in [-0.2, 0) is 0 Å². The van der Waals surface area contributed by atoms with Crippen molar-refractivity contribution in [1.29, 1.82) is 0 Å². The largest absolute Gasteiger partial charge is 0.322 e. The first kappa shape index (κ1) is 8.70. The van der Waals surface area contributed by atoms with Crippen LogP contribution in [0.3, 0.4) is 0 Å². The Labute approximate surface area is 57.9 Å². The van der Waals surface area contributed by atoms with E-state index >= 15 is 0 Å². The maximum Gasteiger partial charge on any atom is 0.0334 e. The number of nitrogens with two attached hydrogens (primary N) is 1. The summed E-state index contributed by atoms with van der Waals surface area (Å²) in [5.74, 6) is 0. The van der Waals surface area contributed by atoms with Crippen molar-refractivity contribution in [3.63, 3.8) is 0 Å². The van der Waals surface area contributed by atoms with Gasteiger partial charge in [0.05, 0.1) is 0 Å². The molecule has 0 heterocycles. The summed E-state index contributed by atoms with van der Waals surface area (Å²) in [5.41, 5.74) is 6.87. The van der Waals surface area contributed by atoms with Crippen LogP contribution in [-0.4, -0.2) is 5.54 Å². The van der Waals surface area contributed by atoms with Crippen molar-refractivity contribution < 1.29 is 0 Å². The van der Waals surface area contributed by atoms with E-state index in [1.54, 1.807) is 0 Å². The summed E-state index contributed by atoms with van der Waals surface area (Å²) >= 11 is 0. The fourth-order valence-corrected chi connectivity index (χ4v) is 0.654. The van der Waals surface area contributed by atoms with Gasteiger partial charge < -0.3 is 5.73 Å². The molecule has 0 amide bonds. The van der Waals surface area contributed by atoms with Gasteiger partial charge >= 0.3 is 0 Å². The Kier molecular flexibility index (Phi) is 2.92. The third kappa shape index (κ3) is 2.19. The third-order valence-corrected chi connectivity index (χ3v) is 1.97. The minimum atomic E-state index is -0.144. The molecule has 0 fully saturated rings. The van der Waals surface area contributed by atoms with Crippen molar-refractivity contribution in [2.24, 2.45) is 5.73 Å². The van der Waals surface area contributed by atoms with Gasteiger partial charge in [0.2, 0.25) is 0 Å². The van der Waals surface area contributed by atoms with Gasteiger partial charge in [-0.15, -0.1) is 0 Å². The van der Waals surface area contributed by atoms with E-state index in [4.69, 9.17) is 5.73 Å². The van der Waals surface area contributed by atoms with Gasteiger partial charge in [0.25, 0.3) is 0 Å². The molecule has 0 aliphatic carbocycles. The zero-order valence-electron chi connectivity index (χ0n) is 6.70. The summed E-state index contributed by atoms with van der Waals surface area (Å²) < 4.78 is 0. The van der Waals surface area contributed by atoms with Gasteiger partial charge in [0.15, 0.2) is 0 Å². The van der Waals surface area contributed by atoms with Crippen molar-refractivity contribution in [1.82, 2.24) is 0 Å². The molecule has 54 valence electrons. The standard InChI is InChI=1S/C8H17N/c1-5-7(3)8(4,9)6-2/h3,5-6,9H2,1-2,4H3. The predicted octanol–water partition coefficient (Wildman–Crippen LogP) is 2.08. The smallest absolute Gasteiger partial charge is 0.0334 e. The molecule has 0 aromatic carbocycles. The Morgan fingerprint density at radius 1 is 1.56 bits per heavy atom. The molecule has 0 aromatic heterocycles. The molecular formula is C8H17N. The van der Waals surface area contributed by atoms with Crippen LogP contribution in [0.15, 0.2) is 12.2 Å². The zero-order chi connectivity index (χ0) is 7.49. The van der Waals surface area contributed by atoms with E-state index in [-0.39, 0.29) is 5.54 Å². The molecule has 0 saturated heterocycles. The monoisotopic (exact) mass is 127 g/mol. The quantitative estimate of drug-likeness (QED) is 0.577. The highest BCUT2D eigenvalue weighted by Crippen LogP contribution is 2.17. The fourth-order valence-electron chi connectivity index (χ4n) is 0.654. The van der Waals surface area contributed by atoms with Crippen LogP contribution < -0.4 is 5.73 Å². The highest BCUT2D eigenvalue weighted by Gasteiger charge is 2.17. The summed E-state index contributed by atoms with van der Waals surface area (Å²) in [6.07, 6.45) is 1.96. The second-order valence-corrected chi connectivity index (χ2v) is 2.73. The van der Waals surface area contributed by atoms with Gasteiger partial charge in [-0.05, 0) is 19.8 Å². The van der Waals surface area contributed by atoms with E-state index in [1.807, 2.05) is 6.92 Å². The van der Waals surface area contributed by atoms with Crippen LogP contribution in [0.25, 0.3) is 0 Å². The Morgan fingerprint density at radius 3 is 2.11 bits per heavy atom. The lowest BCUT2D eigenvalue weighted by Gasteiger charge is -2.24. The predicted molar refractivity (Wildman–Crippen MR) is 42.3 cm³/mol. The summed E-state index contributed by atoms with van der Waals surface area (Å²) in [5, 5.41) is 0. The number of hydrogen-bond donors (Lipinski definition) is 1. The molecule has 0 aliphatic heterocycles. The van der Waals surface area contributed by atoms with Gasteiger partial charge in [-0.1, -0.05) is 26.0 Å². The summed E-state index contributed by atoms with van der Waals surface area (Å²) in [6.45, 7) is 10.1. The Balaban J connectivity index is 3.97.